The first-order valence-electron chi connectivity index (χ1n) is 6.23. The molecule has 1 saturated carbocycles. The van der Waals surface area contributed by atoms with Crippen molar-refractivity contribution in [3.05, 3.63) is 16.0 Å². The highest BCUT2D eigenvalue weighted by Gasteiger charge is 2.32. The number of aromatic nitrogens is 2. The Bertz CT molecular complexity index is 465. The van der Waals surface area contributed by atoms with Crippen LogP contribution < -0.4 is 5.73 Å². The van der Waals surface area contributed by atoms with Crippen LogP contribution in [0.25, 0.3) is 0 Å². The van der Waals surface area contributed by atoms with Crippen LogP contribution in [0.15, 0.2) is 4.47 Å². The van der Waals surface area contributed by atoms with Crippen LogP contribution in [0.1, 0.15) is 42.5 Å². The van der Waals surface area contributed by atoms with E-state index in [1.807, 2.05) is 23.5 Å². The van der Waals surface area contributed by atoms with Crippen molar-refractivity contribution in [2.24, 2.45) is 0 Å². The molecule has 18 heavy (non-hydrogen) atoms. The summed E-state index contributed by atoms with van der Waals surface area (Å²) >= 11 is 7.50. The van der Waals surface area contributed by atoms with Gasteiger partial charge >= 0.3 is 0 Å². The van der Waals surface area contributed by atoms with Crippen LogP contribution in [0, 0.1) is 0 Å². The predicted octanol–water partition coefficient (Wildman–Crippen LogP) is 3.61. The van der Waals surface area contributed by atoms with Crippen LogP contribution in [0.4, 0.5) is 5.82 Å². The number of nitrogen functional groups attached to an aromatic ring is 1. The summed E-state index contributed by atoms with van der Waals surface area (Å²) in [6.07, 6.45) is 2.47. The highest BCUT2D eigenvalue weighted by molar-refractivity contribution is 9.10. The summed E-state index contributed by atoms with van der Waals surface area (Å²) in [5.74, 6) is 4.54. The van der Waals surface area contributed by atoms with Gasteiger partial charge in [0.1, 0.15) is 11.6 Å². The Labute approximate surface area is 124 Å². The van der Waals surface area contributed by atoms with Gasteiger partial charge in [-0.25, -0.2) is 9.97 Å². The monoisotopic (exact) mass is 345 g/mol. The molecule has 0 bridgehead atoms. The summed E-state index contributed by atoms with van der Waals surface area (Å²) in [4.78, 5) is 9.30. The second kappa shape index (κ2) is 5.21. The molecule has 2 fully saturated rings. The molecule has 0 spiro atoms. The number of nitrogens with zero attached hydrogens (tertiary/aromatic N) is 2. The highest BCUT2D eigenvalue weighted by Crippen LogP contribution is 2.46. The van der Waals surface area contributed by atoms with Gasteiger partial charge in [-0.1, -0.05) is 6.92 Å². The van der Waals surface area contributed by atoms with Crippen LogP contribution in [0.3, 0.4) is 0 Å². The minimum absolute atomic E-state index is 0.386. The van der Waals surface area contributed by atoms with Crippen molar-refractivity contribution in [3.8, 4) is 0 Å². The van der Waals surface area contributed by atoms with Gasteiger partial charge in [-0.3, -0.25) is 0 Å². The highest BCUT2D eigenvalue weighted by atomic mass is 79.9. The first-order chi connectivity index (χ1) is 8.66. The van der Waals surface area contributed by atoms with E-state index < -0.39 is 0 Å². The van der Waals surface area contributed by atoms with Gasteiger partial charge in [0.05, 0.1) is 15.4 Å². The van der Waals surface area contributed by atoms with Crippen molar-refractivity contribution in [1.29, 1.82) is 0 Å². The van der Waals surface area contributed by atoms with Gasteiger partial charge in [-0.05, 0) is 28.8 Å². The van der Waals surface area contributed by atoms with Gasteiger partial charge in [-0.2, -0.15) is 11.8 Å². The number of hydrogen-bond acceptors (Lipinski definition) is 5. The molecule has 2 atom stereocenters. The maximum Gasteiger partial charge on any atom is 0.145 e. The Morgan fingerprint density at radius 2 is 1.94 bits per heavy atom. The SMILES string of the molecule is CC1SCCSC1c1nc(N)c(Br)c(C2CC2)n1. The average molecular weight is 346 g/mol. The summed E-state index contributed by atoms with van der Waals surface area (Å²) in [7, 11) is 0. The maximum atomic E-state index is 6.03. The van der Waals surface area contributed by atoms with E-state index in [2.05, 4.69) is 27.8 Å². The van der Waals surface area contributed by atoms with Gasteiger partial charge in [0, 0.05) is 22.7 Å². The Kier molecular flexibility index (Phi) is 3.78. The lowest BCUT2D eigenvalue weighted by Gasteiger charge is -2.27. The second-order valence-electron chi connectivity index (χ2n) is 4.81. The van der Waals surface area contributed by atoms with E-state index in [-0.39, 0.29) is 0 Å². The van der Waals surface area contributed by atoms with Crippen molar-refractivity contribution in [3.63, 3.8) is 0 Å². The molecule has 3 nitrogen and oxygen atoms in total. The first kappa shape index (κ1) is 13.1. The average Bonchev–Trinajstić information content (AvgIpc) is 3.17. The van der Waals surface area contributed by atoms with Crippen LogP contribution >= 0.6 is 39.5 Å². The molecule has 0 radical (unpaired) electrons. The summed E-state index contributed by atoms with van der Waals surface area (Å²) < 4.78 is 0.912. The van der Waals surface area contributed by atoms with Gasteiger partial charge in [-0.15, -0.1) is 11.8 Å². The Hall–Kier alpha value is 0.0600. The lowest BCUT2D eigenvalue weighted by atomic mass is 10.2. The third kappa shape index (κ3) is 2.51. The molecular formula is C12H16BrN3S2. The number of rotatable bonds is 2. The van der Waals surface area contributed by atoms with E-state index in [1.165, 1.54) is 24.3 Å². The molecule has 1 aromatic rings. The predicted molar refractivity (Wildman–Crippen MR) is 83.2 cm³/mol. The summed E-state index contributed by atoms with van der Waals surface area (Å²) in [6, 6.07) is 0. The van der Waals surface area contributed by atoms with Crippen LogP contribution in [0.2, 0.25) is 0 Å². The van der Waals surface area contributed by atoms with E-state index in [0.717, 1.165) is 16.0 Å². The summed E-state index contributed by atoms with van der Waals surface area (Å²) in [5, 5.41) is 0.952. The number of nitrogens with two attached hydrogens (primary N) is 1. The number of thioether (sulfide) groups is 2. The minimum atomic E-state index is 0.386. The fourth-order valence-corrected chi connectivity index (χ4v) is 5.36. The Morgan fingerprint density at radius 3 is 2.61 bits per heavy atom. The van der Waals surface area contributed by atoms with E-state index in [1.54, 1.807) is 0 Å². The van der Waals surface area contributed by atoms with E-state index in [4.69, 9.17) is 10.7 Å². The van der Waals surface area contributed by atoms with Gasteiger partial charge in [0.25, 0.3) is 0 Å². The smallest absolute Gasteiger partial charge is 0.145 e. The molecule has 2 N–H and O–H groups in total. The van der Waals surface area contributed by atoms with Crippen molar-refractivity contribution in [1.82, 2.24) is 9.97 Å². The topological polar surface area (TPSA) is 51.8 Å². The van der Waals surface area contributed by atoms with E-state index in [0.29, 0.717) is 22.2 Å². The zero-order valence-electron chi connectivity index (χ0n) is 10.2. The molecule has 3 rings (SSSR count). The lowest BCUT2D eigenvalue weighted by Crippen LogP contribution is -2.19. The molecule has 1 saturated heterocycles. The number of halogens is 1. The first-order valence-corrected chi connectivity index (χ1v) is 9.12. The maximum absolute atomic E-state index is 6.03. The Balaban J connectivity index is 1.96. The second-order valence-corrected chi connectivity index (χ2v) is 8.34. The normalized spacial score (nSPS) is 28.3. The van der Waals surface area contributed by atoms with Crippen molar-refractivity contribution >= 4 is 45.3 Å². The van der Waals surface area contributed by atoms with Gasteiger partial charge in [0.2, 0.25) is 0 Å². The minimum Gasteiger partial charge on any atom is -0.383 e. The fourth-order valence-electron chi connectivity index (χ4n) is 2.17. The molecule has 1 aliphatic carbocycles. The van der Waals surface area contributed by atoms with Gasteiger partial charge < -0.3 is 5.73 Å². The summed E-state index contributed by atoms with van der Waals surface area (Å²) in [6.45, 7) is 2.26. The lowest BCUT2D eigenvalue weighted by molar-refractivity contribution is 0.801. The molecular weight excluding hydrogens is 330 g/mol. The molecule has 0 amide bonds. The van der Waals surface area contributed by atoms with Crippen LogP contribution in [0.5, 0.6) is 0 Å². The Morgan fingerprint density at radius 1 is 1.22 bits per heavy atom. The zero-order valence-corrected chi connectivity index (χ0v) is 13.4. The summed E-state index contributed by atoms with van der Waals surface area (Å²) in [5.41, 5.74) is 7.15. The largest absolute Gasteiger partial charge is 0.383 e. The van der Waals surface area contributed by atoms with Crippen LogP contribution in [-0.2, 0) is 0 Å². The quantitative estimate of drug-likeness (QED) is 0.887. The van der Waals surface area contributed by atoms with Gasteiger partial charge in [0.15, 0.2) is 0 Å². The fraction of sp³-hybridized carbons (Fsp3) is 0.667. The third-order valence-electron chi connectivity index (χ3n) is 3.33. The molecule has 2 heterocycles. The van der Waals surface area contributed by atoms with Crippen molar-refractivity contribution in [2.45, 2.75) is 36.2 Å². The van der Waals surface area contributed by atoms with Crippen molar-refractivity contribution in [2.75, 3.05) is 17.2 Å². The molecule has 1 aliphatic heterocycles. The molecule has 2 aliphatic rings. The zero-order chi connectivity index (χ0) is 12.7. The molecule has 6 heteroatoms. The number of hydrogen-bond donors (Lipinski definition) is 1. The van der Waals surface area contributed by atoms with E-state index in [9.17, 15) is 0 Å². The standard InChI is InChI=1S/C12H16BrN3S2/c1-6-10(18-5-4-17-6)12-15-9(7-2-3-7)8(13)11(14)16-12/h6-7,10H,2-5H2,1H3,(H2,14,15,16). The molecule has 0 aromatic carbocycles. The van der Waals surface area contributed by atoms with Crippen LogP contribution in [-0.4, -0.2) is 26.7 Å². The molecule has 98 valence electrons. The third-order valence-corrected chi connectivity index (χ3v) is 7.23. The number of anilines is 1. The van der Waals surface area contributed by atoms with Crippen molar-refractivity contribution < 1.29 is 0 Å². The molecule has 2 unspecified atom stereocenters. The molecule has 1 aromatic heterocycles. The van der Waals surface area contributed by atoms with E-state index >= 15 is 0 Å².